The summed E-state index contributed by atoms with van der Waals surface area (Å²) in [5, 5.41) is 3.72. The molecule has 0 amide bonds. The van der Waals surface area contributed by atoms with E-state index in [0.717, 1.165) is 12.6 Å². The summed E-state index contributed by atoms with van der Waals surface area (Å²) in [6, 6.07) is 9.73. The van der Waals surface area contributed by atoms with Crippen LogP contribution in [-0.2, 0) is 0 Å². The maximum absolute atomic E-state index is 3.72. The normalized spacial score (nSPS) is 16.5. The topological polar surface area (TPSA) is 12.0 Å². The van der Waals surface area contributed by atoms with E-state index in [1.807, 2.05) is 0 Å². The van der Waals surface area contributed by atoms with E-state index in [0.29, 0.717) is 5.92 Å². The number of hydrogen-bond donors (Lipinski definition) is 1. The lowest BCUT2D eigenvalue weighted by molar-refractivity contribution is 0.542. The van der Waals surface area contributed by atoms with Crippen LogP contribution < -0.4 is 5.32 Å². The quantitative estimate of drug-likeness (QED) is 0.673. The standard InChI is InChI=1S/C17H27NS/c1-3-19-12-6-8-15(13-18-16-10-11-16)17-9-5-4-7-14(17)2/h4-5,7,9,15-16,18H,3,6,8,10-13H2,1-2H3. The number of aryl methyl sites for hydroxylation is 1. The molecule has 1 aliphatic carbocycles. The molecule has 1 aliphatic rings. The van der Waals surface area contributed by atoms with Crippen LogP contribution in [0.3, 0.4) is 0 Å². The predicted molar refractivity (Wildman–Crippen MR) is 87.2 cm³/mol. The summed E-state index contributed by atoms with van der Waals surface area (Å²) in [5.74, 6) is 3.25. The molecule has 1 aromatic rings. The minimum absolute atomic E-state index is 0.694. The van der Waals surface area contributed by atoms with Crippen LogP contribution in [-0.4, -0.2) is 24.1 Å². The van der Waals surface area contributed by atoms with E-state index >= 15 is 0 Å². The Bertz CT molecular complexity index is 373. The van der Waals surface area contributed by atoms with Crippen LogP contribution >= 0.6 is 11.8 Å². The van der Waals surface area contributed by atoms with Crippen molar-refractivity contribution in [2.24, 2.45) is 0 Å². The molecule has 0 heterocycles. The van der Waals surface area contributed by atoms with Crippen LogP contribution in [0.2, 0.25) is 0 Å². The molecule has 1 N–H and O–H groups in total. The molecule has 0 aromatic heterocycles. The minimum atomic E-state index is 0.694. The molecule has 1 fully saturated rings. The summed E-state index contributed by atoms with van der Waals surface area (Å²) in [4.78, 5) is 0. The van der Waals surface area contributed by atoms with Gasteiger partial charge >= 0.3 is 0 Å². The van der Waals surface area contributed by atoms with Crippen molar-refractivity contribution in [1.29, 1.82) is 0 Å². The van der Waals surface area contributed by atoms with Gasteiger partial charge in [-0.3, -0.25) is 0 Å². The summed E-state index contributed by atoms with van der Waals surface area (Å²) < 4.78 is 0. The van der Waals surface area contributed by atoms with Crippen molar-refractivity contribution in [2.45, 2.75) is 51.5 Å². The van der Waals surface area contributed by atoms with Crippen molar-refractivity contribution >= 4 is 11.8 Å². The van der Waals surface area contributed by atoms with Crippen molar-refractivity contribution in [3.63, 3.8) is 0 Å². The van der Waals surface area contributed by atoms with Gasteiger partial charge in [0.25, 0.3) is 0 Å². The number of benzene rings is 1. The van der Waals surface area contributed by atoms with Gasteiger partial charge in [-0.25, -0.2) is 0 Å². The molecular weight excluding hydrogens is 250 g/mol. The SMILES string of the molecule is CCSCCCC(CNC1CC1)c1ccccc1C. The van der Waals surface area contributed by atoms with Crippen LogP contribution in [0.25, 0.3) is 0 Å². The summed E-state index contributed by atoms with van der Waals surface area (Å²) in [6.45, 7) is 5.66. The average molecular weight is 277 g/mol. The maximum Gasteiger partial charge on any atom is 0.00684 e. The summed E-state index contributed by atoms with van der Waals surface area (Å²) >= 11 is 2.07. The van der Waals surface area contributed by atoms with Crippen LogP contribution in [0.4, 0.5) is 0 Å². The van der Waals surface area contributed by atoms with E-state index in [2.05, 4.69) is 55.2 Å². The van der Waals surface area contributed by atoms with E-state index in [-0.39, 0.29) is 0 Å². The van der Waals surface area contributed by atoms with Gasteiger partial charge in [0.05, 0.1) is 0 Å². The average Bonchev–Trinajstić information content (AvgIpc) is 3.23. The Hall–Kier alpha value is -0.470. The molecule has 2 rings (SSSR count). The summed E-state index contributed by atoms with van der Waals surface area (Å²) in [7, 11) is 0. The molecule has 0 saturated heterocycles. The molecule has 19 heavy (non-hydrogen) atoms. The van der Waals surface area contributed by atoms with Crippen molar-refractivity contribution in [3.8, 4) is 0 Å². The van der Waals surface area contributed by atoms with E-state index in [4.69, 9.17) is 0 Å². The molecule has 106 valence electrons. The van der Waals surface area contributed by atoms with Gasteiger partial charge in [-0.15, -0.1) is 0 Å². The van der Waals surface area contributed by atoms with Crippen molar-refractivity contribution in [3.05, 3.63) is 35.4 Å². The lowest BCUT2D eigenvalue weighted by Crippen LogP contribution is -2.24. The zero-order valence-corrected chi connectivity index (χ0v) is 13.1. The molecule has 0 radical (unpaired) electrons. The summed E-state index contributed by atoms with van der Waals surface area (Å²) in [5.41, 5.74) is 3.00. The highest BCUT2D eigenvalue weighted by Crippen LogP contribution is 2.27. The molecule has 0 aliphatic heterocycles. The van der Waals surface area contributed by atoms with Crippen molar-refractivity contribution < 1.29 is 0 Å². The minimum Gasteiger partial charge on any atom is -0.313 e. The van der Waals surface area contributed by atoms with Gasteiger partial charge in [0.2, 0.25) is 0 Å². The lowest BCUT2D eigenvalue weighted by atomic mass is 9.91. The monoisotopic (exact) mass is 277 g/mol. The number of hydrogen-bond acceptors (Lipinski definition) is 2. The van der Waals surface area contributed by atoms with Crippen LogP contribution in [0, 0.1) is 6.92 Å². The van der Waals surface area contributed by atoms with E-state index < -0.39 is 0 Å². The Kier molecular flexibility index (Phi) is 6.25. The van der Waals surface area contributed by atoms with Gasteiger partial charge in [0.1, 0.15) is 0 Å². The highest BCUT2D eigenvalue weighted by molar-refractivity contribution is 7.99. The molecule has 1 nitrogen and oxygen atoms in total. The maximum atomic E-state index is 3.72. The number of rotatable bonds is 9. The second kappa shape index (κ2) is 7.96. The van der Waals surface area contributed by atoms with E-state index in [1.54, 1.807) is 5.56 Å². The van der Waals surface area contributed by atoms with Gasteiger partial charge in [-0.2, -0.15) is 11.8 Å². The lowest BCUT2D eigenvalue weighted by Gasteiger charge is -2.20. The van der Waals surface area contributed by atoms with Crippen LogP contribution in [0.1, 0.15) is 49.7 Å². The largest absolute Gasteiger partial charge is 0.313 e. The smallest absolute Gasteiger partial charge is 0.00684 e. The Morgan fingerprint density at radius 1 is 1.32 bits per heavy atom. The third-order valence-electron chi connectivity index (χ3n) is 3.90. The molecule has 0 bridgehead atoms. The van der Waals surface area contributed by atoms with E-state index in [9.17, 15) is 0 Å². The summed E-state index contributed by atoms with van der Waals surface area (Å²) in [6.07, 6.45) is 5.42. The van der Waals surface area contributed by atoms with Gasteiger partial charge in [-0.05, 0) is 61.2 Å². The first kappa shape index (κ1) is 14.9. The van der Waals surface area contributed by atoms with Gasteiger partial charge in [0.15, 0.2) is 0 Å². The number of nitrogens with one attached hydrogen (secondary N) is 1. The highest BCUT2D eigenvalue weighted by Gasteiger charge is 2.22. The predicted octanol–water partition coefficient (Wildman–Crippen LogP) is 4.36. The van der Waals surface area contributed by atoms with Crippen molar-refractivity contribution in [1.82, 2.24) is 5.32 Å². The van der Waals surface area contributed by atoms with Gasteiger partial charge in [-0.1, -0.05) is 31.2 Å². The first-order chi connectivity index (χ1) is 9.31. The fraction of sp³-hybridized carbons (Fsp3) is 0.647. The molecular formula is C17H27NS. The highest BCUT2D eigenvalue weighted by atomic mass is 32.2. The Morgan fingerprint density at radius 2 is 2.11 bits per heavy atom. The molecule has 1 unspecified atom stereocenters. The molecule has 0 spiro atoms. The fourth-order valence-electron chi connectivity index (χ4n) is 2.58. The molecule has 1 atom stereocenters. The van der Waals surface area contributed by atoms with Crippen LogP contribution in [0.5, 0.6) is 0 Å². The second-order valence-corrected chi connectivity index (χ2v) is 6.97. The second-order valence-electron chi connectivity index (χ2n) is 5.58. The molecule has 2 heteroatoms. The third kappa shape index (κ3) is 5.19. The van der Waals surface area contributed by atoms with Crippen LogP contribution in [0.15, 0.2) is 24.3 Å². The Labute approximate surface area is 122 Å². The van der Waals surface area contributed by atoms with Gasteiger partial charge in [0, 0.05) is 12.6 Å². The molecule has 1 aromatic carbocycles. The van der Waals surface area contributed by atoms with Crippen molar-refractivity contribution in [2.75, 3.05) is 18.1 Å². The Morgan fingerprint density at radius 3 is 2.79 bits per heavy atom. The van der Waals surface area contributed by atoms with E-state index in [1.165, 1.54) is 42.8 Å². The van der Waals surface area contributed by atoms with Gasteiger partial charge < -0.3 is 5.32 Å². The zero-order valence-electron chi connectivity index (χ0n) is 12.3. The first-order valence-electron chi connectivity index (χ1n) is 7.68. The Balaban J connectivity index is 1.90. The first-order valence-corrected chi connectivity index (χ1v) is 8.83. The fourth-order valence-corrected chi connectivity index (χ4v) is 3.24. The third-order valence-corrected chi connectivity index (χ3v) is 4.89. The molecule has 1 saturated carbocycles. The zero-order chi connectivity index (χ0) is 13.5. The number of thioether (sulfide) groups is 1.